The molecule has 4 rings (SSSR count). The zero-order chi connectivity index (χ0) is 22.2. The Labute approximate surface area is 177 Å². The Bertz CT molecular complexity index is 1180. The number of anilines is 1. The van der Waals surface area contributed by atoms with Crippen LogP contribution < -0.4 is 5.32 Å². The lowest BCUT2D eigenvalue weighted by Crippen LogP contribution is -2.36. The van der Waals surface area contributed by atoms with E-state index in [9.17, 15) is 22.8 Å². The van der Waals surface area contributed by atoms with Gasteiger partial charge in [0, 0.05) is 52.9 Å². The highest BCUT2D eigenvalue weighted by Crippen LogP contribution is 2.31. The van der Waals surface area contributed by atoms with Gasteiger partial charge >= 0.3 is 6.18 Å². The quantitative estimate of drug-likeness (QED) is 0.590. The maximum Gasteiger partial charge on any atom is 0.454 e. The third-order valence-corrected chi connectivity index (χ3v) is 5.65. The second kappa shape index (κ2) is 8.09. The van der Waals surface area contributed by atoms with Crippen LogP contribution in [0.15, 0.2) is 54.7 Å². The predicted octanol–water partition coefficient (Wildman–Crippen LogP) is 4.86. The van der Waals surface area contributed by atoms with E-state index in [2.05, 4.69) is 22.9 Å². The fourth-order valence-corrected chi connectivity index (χ4v) is 4.20. The van der Waals surface area contributed by atoms with Gasteiger partial charge in [-0.1, -0.05) is 18.2 Å². The average molecular weight is 429 g/mol. The lowest BCUT2D eigenvalue weighted by Gasteiger charge is -2.22. The number of likely N-dealkylation sites (tertiary alicyclic amines) is 1. The Balaban J connectivity index is 1.56. The fourth-order valence-electron chi connectivity index (χ4n) is 4.20. The number of carbonyl (C=O) groups excluding carboxylic acids is 2. The number of nitrogens with zero attached hydrogens (tertiary/aromatic N) is 2. The summed E-state index contributed by atoms with van der Waals surface area (Å²) in [5, 5.41) is 5.00. The van der Waals surface area contributed by atoms with E-state index in [1.165, 1.54) is 4.90 Å². The first-order valence-corrected chi connectivity index (χ1v) is 10.2. The number of alkyl halides is 3. The molecule has 162 valence electrons. The lowest BCUT2D eigenvalue weighted by molar-refractivity contribution is -0.165. The van der Waals surface area contributed by atoms with Crippen molar-refractivity contribution in [2.45, 2.75) is 38.5 Å². The average Bonchev–Trinajstić information content (AvgIpc) is 3.33. The Hall–Kier alpha value is -3.29. The van der Waals surface area contributed by atoms with Gasteiger partial charge in [-0.25, -0.2) is 0 Å². The van der Waals surface area contributed by atoms with E-state index in [4.69, 9.17) is 0 Å². The van der Waals surface area contributed by atoms with E-state index in [1.54, 1.807) is 0 Å². The van der Waals surface area contributed by atoms with Gasteiger partial charge in [0.1, 0.15) is 6.04 Å². The van der Waals surface area contributed by atoms with Crippen molar-refractivity contribution >= 4 is 39.2 Å². The maximum absolute atomic E-state index is 12.8. The number of amides is 1. The van der Waals surface area contributed by atoms with Gasteiger partial charge in [0.2, 0.25) is 5.91 Å². The molecule has 31 heavy (non-hydrogen) atoms. The van der Waals surface area contributed by atoms with Crippen molar-refractivity contribution in [2.24, 2.45) is 0 Å². The smallest absolute Gasteiger partial charge is 0.365 e. The number of fused-ring (bicyclic) bond motifs is 3. The zero-order valence-corrected chi connectivity index (χ0v) is 16.9. The Morgan fingerprint density at radius 3 is 2.61 bits per heavy atom. The van der Waals surface area contributed by atoms with Crippen molar-refractivity contribution in [3.8, 4) is 0 Å². The van der Waals surface area contributed by atoms with Gasteiger partial charge in [-0.15, -0.1) is 0 Å². The molecule has 1 unspecified atom stereocenters. The lowest BCUT2D eigenvalue weighted by atomic mass is 10.1. The Kier molecular flexibility index (Phi) is 5.47. The molecule has 5 nitrogen and oxygen atoms in total. The minimum atomic E-state index is -4.92. The minimum absolute atomic E-state index is 0.305. The molecule has 0 spiro atoms. The second-order valence-electron chi connectivity index (χ2n) is 7.56. The summed E-state index contributed by atoms with van der Waals surface area (Å²) in [6.07, 6.45) is -2.19. The largest absolute Gasteiger partial charge is 0.454 e. The molecular formula is C23H22F3N3O2. The van der Waals surface area contributed by atoms with Crippen molar-refractivity contribution in [3.05, 3.63) is 54.7 Å². The summed E-state index contributed by atoms with van der Waals surface area (Å²) in [4.78, 5) is 25.4. The molecule has 0 radical (unpaired) electrons. The molecule has 1 amide bonds. The van der Waals surface area contributed by atoms with Gasteiger partial charge in [-0.2, -0.15) is 13.2 Å². The molecule has 1 aliphatic rings. The van der Waals surface area contributed by atoms with E-state index in [0.717, 1.165) is 34.6 Å². The highest BCUT2D eigenvalue weighted by atomic mass is 19.4. The first-order valence-electron chi connectivity index (χ1n) is 10.2. The predicted molar refractivity (Wildman–Crippen MR) is 114 cm³/mol. The molecule has 1 fully saturated rings. The topological polar surface area (TPSA) is 54.3 Å². The highest BCUT2D eigenvalue weighted by Gasteiger charge is 2.37. The first kappa shape index (κ1) is 21.0. The number of hydrogen-bond donors (Lipinski definition) is 1. The molecule has 2 aromatic carbocycles. The van der Waals surface area contributed by atoms with Gasteiger partial charge in [-0.3, -0.25) is 9.59 Å². The molecule has 0 saturated carbocycles. The third kappa shape index (κ3) is 4.02. The Morgan fingerprint density at radius 1 is 1.13 bits per heavy atom. The molecule has 1 N–H and O–H groups in total. The van der Waals surface area contributed by atoms with Crippen molar-refractivity contribution in [2.75, 3.05) is 11.9 Å². The number of aromatic nitrogens is 1. The number of aryl methyl sites for hydroxylation is 1. The van der Waals surface area contributed by atoms with Crippen LogP contribution in [0, 0.1) is 0 Å². The van der Waals surface area contributed by atoms with E-state index < -0.39 is 18.0 Å². The van der Waals surface area contributed by atoms with Crippen LogP contribution in [0.25, 0.3) is 21.8 Å². The molecule has 1 aromatic heterocycles. The van der Waals surface area contributed by atoms with Gasteiger partial charge in [0.25, 0.3) is 5.78 Å². The fraction of sp³-hybridized carbons (Fsp3) is 0.304. The van der Waals surface area contributed by atoms with E-state index in [1.807, 2.05) is 36.4 Å². The molecule has 1 aliphatic heterocycles. The van der Waals surface area contributed by atoms with Gasteiger partial charge < -0.3 is 14.8 Å². The first-order chi connectivity index (χ1) is 14.8. The number of hydrogen-bond acceptors (Lipinski definition) is 3. The number of halogens is 3. The van der Waals surface area contributed by atoms with Crippen molar-refractivity contribution in [3.63, 3.8) is 0 Å². The van der Waals surface area contributed by atoms with E-state index in [0.29, 0.717) is 31.1 Å². The normalized spacial score (nSPS) is 17.2. The summed E-state index contributed by atoms with van der Waals surface area (Å²) in [7, 11) is 0. The number of benzene rings is 2. The van der Waals surface area contributed by atoms with Crippen LogP contribution >= 0.6 is 0 Å². The highest BCUT2D eigenvalue weighted by molar-refractivity contribution is 6.10. The minimum Gasteiger partial charge on any atom is -0.365 e. The number of para-hydroxylation sites is 1. The molecule has 8 heteroatoms. The zero-order valence-electron chi connectivity index (χ0n) is 16.9. The molecule has 0 aliphatic carbocycles. The second-order valence-corrected chi connectivity index (χ2v) is 7.56. The van der Waals surface area contributed by atoms with Crippen LogP contribution in [-0.4, -0.2) is 39.9 Å². The summed E-state index contributed by atoms with van der Waals surface area (Å²) >= 11 is 0. The number of carbonyl (C=O) groups is 2. The molecule has 1 atom stereocenters. The van der Waals surface area contributed by atoms with Crippen LogP contribution in [0.5, 0.6) is 0 Å². The van der Waals surface area contributed by atoms with Crippen molar-refractivity contribution < 1.29 is 22.8 Å². The van der Waals surface area contributed by atoms with Crippen LogP contribution in [0.2, 0.25) is 0 Å². The molecular weight excluding hydrogens is 407 g/mol. The SMILES string of the molecule is CCn1c2ccccc2c2cc(NC(=O)C3CCCN3/C=C/C(=O)C(F)(F)F)ccc21. The monoisotopic (exact) mass is 429 g/mol. The summed E-state index contributed by atoms with van der Waals surface area (Å²) < 4.78 is 39.5. The molecule has 3 aromatic rings. The third-order valence-electron chi connectivity index (χ3n) is 5.65. The van der Waals surface area contributed by atoms with Crippen LogP contribution in [0.3, 0.4) is 0 Å². The van der Waals surface area contributed by atoms with E-state index >= 15 is 0 Å². The summed E-state index contributed by atoms with van der Waals surface area (Å²) in [6, 6.07) is 13.1. The van der Waals surface area contributed by atoms with Gasteiger partial charge in [0.15, 0.2) is 0 Å². The molecule has 0 bridgehead atoms. The molecule has 2 heterocycles. The Morgan fingerprint density at radius 2 is 1.87 bits per heavy atom. The number of rotatable bonds is 5. The number of nitrogens with one attached hydrogen (secondary N) is 1. The summed E-state index contributed by atoms with van der Waals surface area (Å²) in [5.74, 6) is -2.24. The number of ketones is 1. The summed E-state index contributed by atoms with van der Waals surface area (Å²) in [5.41, 5.74) is 2.81. The van der Waals surface area contributed by atoms with Crippen molar-refractivity contribution in [1.82, 2.24) is 9.47 Å². The van der Waals surface area contributed by atoms with Crippen LogP contribution in [-0.2, 0) is 16.1 Å². The number of allylic oxidation sites excluding steroid dienone is 1. The van der Waals surface area contributed by atoms with Crippen LogP contribution in [0.1, 0.15) is 19.8 Å². The van der Waals surface area contributed by atoms with E-state index in [-0.39, 0.29) is 5.91 Å². The van der Waals surface area contributed by atoms with Gasteiger partial charge in [0.05, 0.1) is 0 Å². The maximum atomic E-state index is 12.8. The summed E-state index contributed by atoms with van der Waals surface area (Å²) in [6.45, 7) is 3.31. The van der Waals surface area contributed by atoms with Crippen LogP contribution in [0.4, 0.5) is 18.9 Å². The van der Waals surface area contributed by atoms with Gasteiger partial charge in [-0.05, 0) is 44.0 Å². The molecule has 1 saturated heterocycles. The standard InChI is InChI=1S/C23H22F3N3O2/c1-2-29-18-7-4-3-6-16(18)17-14-15(9-10-19(17)29)27-22(31)20-8-5-12-28(20)13-11-21(30)23(24,25)26/h3-4,6-7,9-11,13-14,20H,2,5,8,12H2,1H3,(H,27,31)/b13-11+. The van der Waals surface area contributed by atoms with Crippen molar-refractivity contribution in [1.29, 1.82) is 0 Å².